The zero-order chi connectivity index (χ0) is 23.1. The standard InChI is InChI=1S/C24H26F3N3O3/c25-19-14-17(1-3-20(19)29-22(31)30-9-11-32-12-10-30)16-2-4-21-18(13-16)15-24(26,27)23(33-21)5-7-28-8-6-23/h1-4,13-14,28H,5-12,15H2,(H,29,31). The van der Waals surface area contributed by atoms with E-state index in [4.69, 9.17) is 9.47 Å². The minimum Gasteiger partial charge on any atom is -0.481 e. The lowest BCUT2D eigenvalue weighted by Gasteiger charge is -2.46. The first-order valence-corrected chi connectivity index (χ1v) is 11.2. The molecule has 0 unspecified atom stereocenters. The van der Waals surface area contributed by atoms with Crippen LogP contribution < -0.4 is 15.4 Å². The van der Waals surface area contributed by atoms with Crippen LogP contribution in [0, 0.1) is 5.82 Å². The average Bonchev–Trinajstić information content (AvgIpc) is 2.82. The first-order chi connectivity index (χ1) is 15.9. The highest BCUT2D eigenvalue weighted by Crippen LogP contribution is 2.48. The summed E-state index contributed by atoms with van der Waals surface area (Å²) in [5.74, 6) is -3.12. The lowest BCUT2D eigenvalue weighted by molar-refractivity contribution is -0.187. The molecule has 6 nitrogen and oxygen atoms in total. The molecule has 0 atom stereocenters. The zero-order valence-electron chi connectivity index (χ0n) is 18.1. The summed E-state index contributed by atoms with van der Waals surface area (Å²) < 4.78 is 56.0. The van der Waals surface area contributed by atoms with E-state index < -0.39 is 23.8 Å². The van der Waals surface area contributed by atoms with E-state index in [1.165, 1.54) is 12.1 Å². The normalized spacial score (nSPS) is 21.2. The van der Waals surface area contributed by atoms with Crippen LogP contribution in [0.4, 0.5) is 23.7 Å². The van der Waals surface area contributed by atoms with E-state index in [9.17, 15) is 9.18 Å². The maximum atomic E-state index is 15.1. The Morgan fingerprint density at radius 1 is 1.03 bits per heavy atom. The number of rotatable bonds is 2. The fourth-order valence-electron chi connectivity index (χ4n) is 4.74. The molecule has 2 fully saturated rings. The van der Waals surface area contributed by atoms with E-state index in [2.05, 4.69) is 10.6 Å². The molecule has 2 N–H and O–H groups in total. The molecule has 2 saturated heterocycles. The Hall–Kier alpha value is -2.78. The van der Waals surface area contributed by atoms with Crippen LogP contribution in [0.15, 0.2) is 36.4 Å². The molecule has 9 heteroatoms. The number of nitrogens with zero attached hydrogens (tertiary/aromatic N) is 1. The molecule has 2 amide bonds. The molecule has 0 radical (unpaired) electrons. The number of ether oxygens (including phenoxy) is 2. The number of benzene rings is 2. The van der Waals surface area contributed by atoms with Gasteiger partial charge in [0.05, 0.1) is 18.9 Å². The van der Waals surface area contributed by atoms with Gasteiger partial charge in [0.25, 0.3) is 5.92 Å². The monoisotopic (exact) mass is 461 g/mol. The van der Waals surface area contributed by atoms with Crippen molar-refractivity contribution in [3.8, 4) is 16.9 Å². The molecule has 0 saturated carbocycles. The molecule has 3 heterocycles. The van der Waals surface area contributed by atoms with E-state index in [-0.39, 0.29) is 24.6 Å². The molecule has 5 rings (SSSR count). The number of urea groups is 1. The van der Waals surface area contributed by atoms with Gasteiger partial charge in [0.15, 0.2) is 5.60 Å². The predicted octanol–water partition coefficient (Wildman–Crippen LogP) is 4.05. The van der Waals surface area contributed by atoms with Gasteiger partial charge in [-0.05, 0) is 48.5 Å². The lowest BCUT2D eigenvalue weighted by atomic mass is 9.80. The van der Waals surface area contributed by atoms with Crippen LogP contribution >= 0.6 is 0 Å². The van der Waals surface area contributed by atoms with E-state index in [0.717, 1.165) is 0 Å². The molecule has 0 aliphatic carbocycles. The molecule has 176 valence electrons. The van der Waals surface area contributed by atoms with Crippen molar-refractivity contribution in [1.82, 2.24) is 10.2 Å². The van der Waals surface area contributed by atoms with Crippen LogP contribution in [0.1, 0.15) is 18.4 Å². The minimum atomic E-state index is -2.99. The summed E-state index contributed by atoms with van der Waals surface area (Å²) in [4.78, 5) is 13.9. The van der Waals surface area contributed by atoms with Crippen LogP contribution in [0.2, 0.25) is 0 Å². The number of hydrogen-bond donors (Lipinski definition) is 2. The number of halogens is 3. The van der Waals surface area contributed by atoms with Crippen molar-refractivity contribution >= 4 is 11.7 Å². The Balaban J connectivity index is 1.35. The summed E-state index contributed by atoms with van der Waals surface area (Å²) in [5.41, 5.74) is 0.145. The highest BCUT2D eigenvalue weighted by atomic mass is 19.3. The van der Waals surface area contributed by atoms with Crippen molar-refractivity contribution in [3.05, 3.63) is 47.8 Å². The van der Waals surface area contributed by atoms with Gasteiger partial charge in [-0.1, -0.05) is 12.1 Å². The Morgan fingerprint density at radius 2 is 1.73 bits per heavy atom. The summed E-state index contributed by atoms with van der Waals surface area (Å²) in [6.07, 6.45) is 0.0976. The largest absolute Gasteiger partial charge is 0.481 e. The van der Waals surface area contributed by atoms with Crippen molar-refractivity contribution in [2.24, 2.45) is 0 Å². The van der Waals surface area contributed by atoms with Gasteiger partial charge in [-0.25, -0.2) is 18.0 Å². The summed E-state index contributed by atoms with van der Waals surface area (Å²) in [5, 5.41) is 5.69. The first-order valence-electron chi connectivity index (χ1n) is 11.2. The van der Waals surface area contributed by atoms with E-state index >= 15 is 8.78 Å². The summed E-state index contributed by atoms with van der Waals surface area (Å²) in [7, 11) is 0. The van der Waals surface area contributed by atoms with Crippen molar-refractivity contribution < 1.29 is 27.4 Å². The van der Waals surface area contributed by atoms with Gasteiger partial charge < -0.3 is 25.0 Å². The third-order valence-electron chi connectivity index (χ3n) is 6.70. The Morgan fingerprint density at radius 3 is 2.45 bits per heavy atom. The molecule has 2 aromatic carbocycles. The number of carbonyl (C=O) groups is 1. The van der Waals surface area contributed by atoms with Gasteiger partial charge >= 0.3 is 6.03 Å². The molecular formula is C24H26F3N3O3. The van der Waals surface area contributed by atoms with Gasteiger partial charge in [0.2, 0.25) is 0 Å². The van der Waals surface area contributed by atoms with E-state index in [1.54, 1.807) is 29.2 Å². The van der Waals surface area contributed by atoms with Gasteiger partial charge in [0.1, 0.15) is 11.6 Å². The molecule has 33 heavy (non-hydrogen) atoms. The quantitative estimate of drug-likeness (QED) is 0.709. The number of anilines is 1. The topological polar surface area (TPSA) is 62.8 Å². The second-order valence-corrected chi connectivity index (χ2v) is 8.77. The third-order valence-corrected chi connectivity index (χ3v) is 6.70. The smallest absolute Gasteiger partial charge is 0.322 e. The van der Waals surface area contributed by atoms with Crippen molar-refractivity contribution in [1.29, 1.82) is 0 Å². The van der Waals surface area contributed by atoms with Gasteiger partial charge in [-0.15, -0.1) is 0 Å². The fraction of sp³-hybridized carbons (Fsp3) is 0.458. The van der Waals surface area contributed by atoms with Crippen molar-refractivity contribution in [3.63, 3.8) is 0 Å². The second kappa shape index (κ2) is 8.53. The van der Waals surface area contributed by atoms with E-state index in [1.807, 2.05) is 0 Å². The first kappa shape index (κ1) is 22.0. The van der Waals surface area contributed by atoms with Crippen LogP contribution in [-0.2, 0) is 11.2 Å². The number of hydrogen-bond acceptors (Lipinski definition) is 4. The predicted molar refractivity (Wildman–Crippen MR) is 117 cm³/mol. The molecule has 3 aliphatic heterocycles. The Labute approximate surface area is 190 Å². The summed E-state index contributed by atoms with van der Waals surface area (Å²) in [6, 6.07) is 9.14. The lowest BCUT2D eigenvalue weighted by Crippen LogP contribution is -2.60. The highest BCUT2D eigenvalue weighted by molar-refractivity contribution is 5.90. The Kier molecular flexibility index (Phi) is 5.70. The number of piperidine rings is 1. The minimum absolute atomic E-state index is 0.0657. The molecule has 0 bridgehead atoms. The number of morpholine rings is 1. The number of alkyl halides is 2. The maximum absolute atomic E-state index is 15.1. The van der Waals surface area contributed by atoms with Crippen LogP contribution in [0.3, 0.4) is 0 Å². The number of amides is 2. The van der Waals surface area contributed by atoms with Gasteiger partial charge in [-0.3, -0.25) is 0 Å². The molecular weight excluding hydrogens is 435 g/mol. The highest BCUT2D eigenvalue weighted by Gasteiger charge is 2.58. The fourth-order valence-corrected chi connectivity index (χ4v) is 4.74. The van der Waals surface area contributed by atoms with Gasteiger partial charge in [-0.2, -0.15) is 0 Å². The summed E-state index contributed by atoms with van der Waals surface area (Å²) in [6.45, 7) is 2.80. The van der Waals surface area contributed by atoms with Crippen LogP contribution in [-0.4, -0.2) is 61.8 Å². The second-order valence-electron chi connectivity index (χ2n) is 8.77. The molecule has 3 aliphatic rings. The third kappa shape index (κ3) is 4.15. The van der Waals surface area contributed by atoms with Crippen molar-refractivity contribution in [2.75, 3.05) is 44.7 Å². The Bertz CT molecular complexity index is 1050. The SMILES string of the molecule is O=C(Nc1ccc(-c2ccc3c(c2)CC(F)(F)C2(CCNCC2)O3)cc1F)N1CCOCC1. The molecule has 2 aromatic rings. The molecule has 0 aromatic heterocycles. The van der Waals surface area contributed by atoms with E-state index in [0.29, 0.717) is 61.8 Å². The molecule has 1 spiro atoms. The maximum Gasteiger partial charge on any atom is 0.322 e. The zero-order valence-corrected chi connectivity index (χ0v) is 18.1. The van der Waals surface area contributed by atoms with Crippen LogP contribution in [0.25, 0.3) is 11.1 Å². The van der Waals surface area contributed by atoms with Gasteiger partial charge in [0, 0.05) is 37.9 Å². The average molecular weight is 461 g/mol. The number of nitrogens with one attached hydrogen (secondary N) is 2. The summed E-state index contributed by atoms with van der Waals surface area (Å²) >= 11 is 0. The number of carbonyl (C=O) groups excluding carboxylic acids is 1. The van der Waals surface area contributed by atoms with Crippen LogP contribution in [0.5, 0.6) is 5.75 Å². The number of fused-ring (bicyclic) bond motifs is 1. The van der Waals surface area contributed by atoms with Crippen molar-refractivity contribution in [2.45, 2.75) is 30.8 Å².